The standard InChI is InChI=1S/C14H21ClN2O3/c1-18-5-2-6-19-7-8-20-10-12-4-3-11(14(16)17)9-13(12)15/h3-4,9H,2,5-8,10H2,1H3,(H3,16,17). The van der Waals surface area contributed by atoms with Gasteiger partial charge in [-0.2, -0.15) is 0 Å². The van der Waals surface area contributed by atoms with Gasteiger partial charge in [-0.3, -0.25) is 5.41 Å². The van der Waals surface area contributed by atoms with Crippen molar-refractivity contribution in [3.8, 4) is 0 Å². The third-order valence-corrected chi connectivity index (χ3v) is 2.98. The number of hydrogen-bond acceptors (Lipinski definition) is 4. The van der Waals surface area contributed by atoms with Crippen molar-refractivity contribution in [2.24, 2.45) is 5.73 Å². The first kappa shape index (κ1) is 16.9. The van der Waals surface area contributed by atoms with Crippen molar-refractivity contribution in [1.82, 2.24) is 0 Å². The average molecular weight is 301 g/mol. The van der Waals surface area contributed by atoms with Gasteiger partial charge in [0.1, 0.15) is 5.84 Å². The summed E-state index contributed by atoms with van der Waals surface area (Å²) in [5.74, 6) is 0.00354. The summed E-state index contributed by atoms with van der Waals surface area (Å²) < 4.78 is 15.8. The van der Waals surface area contributed by atoms with Gasteiger partial charge in [0.25, 0.3) is 0 Å². The van der Waals surface area contributed by atoms with Crippen LogP contribution in [0.15, 0.2) is 18.2 Å². The molecule has 112 valence electrons. The van der Waals surface area contributed by atoms with E-state index in [0.29, 0.717) is 43.6 Å². The molecule has 0 bridgehead atoms. The minimum atomic E-state index is 0.00354. The number of hydrogen-bond donors (Lipinski definition) is 2. The molecule has 0 atom stereocenters. The van der Waals surface area contributed by atoms with E-state index in [-0.39, 0.29) is 5.84 Å². The molecule has 0 spiro atoms. The Bertz CT molecular complexity index is 427. The molecule has 0 amide bonds. The van der Waals surface area contributed by atoms with Crippen molar-refractivity contribution in [2.45, 2.75) is 13.0 Å². The number of methoxy groups -OCH3 is 1. The van der Waals surface area contributed by atoms with Gasteiger partial charge in [-0.05, 0) is 18.1 Å². The van der Waals surface area contributed by atoms with E-state index in [1.165, 1.54) is 0 Å². The minimum Gasteiger partial charge on any atom is -0.385 e. The van der Waals surface area contributed by atoms with Crippen LogP contribution in [-0.4, -0.2) is 39.4 Å². The predicted molar refractivity (Wildman–Crippen MR) is 79.4 cm³/mol. The maximum absolute atomic E-state index is 7.33. The minimum absolute atomic E-state index is 0.00354. The monoisotopic (exact) mass is 300 g/mol. The summed E-state index contributed by atoms with van der Waals surface area (Å²) in [6.07, 6.45) is 0.884. The van der Waals surface area contributed by atoms with Crippen molar-refractivity contribution < 1.29 is 14.2 Å². The SMILES string of the molecule is COCCCOCCOCc1ccc(C(=N)N)cc1Cl. The van der Waals surface area contributed by atoms with Gasteiger partial charge in [0.2, 0.25) is 0 Å². The molecule has 0 saturated heterocycles. The van der Waals surface area contributed by atoms with Gasteiger partial charge in [-0.25, -0.2) is 0 Å². The molecule has 0 radical (unpaired) electrons. The zero-order valence-electron chi connectivity index (χ0n) is 11.7. The van der Waals surface area contributed by atoms with E-state index < -0.39 is 0 Å². The van der Waals surface area contributed by atoms with Crippen LogP contribution in [0.4, 0.5) is 0 Å². The topological polar surface area (TPSA) is 77.6 Å². The third-order valence-electron chi connectivity index (χ3n) is 2.63. The Morgan fingerprint density at radius 1 is 1.20 bits per heavy atom. The van der Waals surface area contributed by atoms with E-state index in [1.54, 1.807) is 19.2 Å². The van der Waals surface area contributed by atoms with Crippen molar-refractivity contribution in [1.29, 1.82) is 5.41 Å². The zero-order chi connectivity index (χ0) is 14.8. The Kier molecular flexibility index (Phi) is 8.22. The molecular formula is C14H21ClN2O3. The lowest BCUT2D eigenvalue weighted by Gasteiger charge is -2.08. The number of benzene rings is 1. The third kappa shape index (κ3) is 6.34. The molecule has 0 heterocycles. The molecule has 3 N–H and O–H groups in total. The number of amidine groups is 1. The fourth-order valence-corrected chi connectivity index (χ4v) is 1.77. The van der Waals surface area contributed by atoms with Gasteiger partial charge in [0, 0.05) is 30.9 Å². The highest BCUT2D eigenvalue weighted by Gasteiger charge is 2.04. The molecule has 1 aromatic rings. The van der Waals surface area contributed by atoms with E-state index in [0.717, 1.165) is 12.0 Å². The first-order valence-electron chi connectivity index (χ1n) is 6.42. The Labute approximate surface area is 124 Å². The summed E-state index contributed by atoms with van der Waals surface area (Å²) in [6.45, 7) is 2.85. The predicted octanol–water partition coefficient (Wildman–Crippen LogP) is 2.19. The normalized spacial score (nSPS) is 10.7. The molecular weight excluding hydrogens is 280 g/mol. The quantitative estimate of drug-likeness (QED) is 0.394. The number of nitrogen functional groups attached to an aromatic ring is 1. The Hall–Kier alpha value is -1.14. The van der Waals surface area contributed by atoms with Crippen LogP contribution in [0.2, 0.25) is 5.02 Å². The van der Waals surface area contributed by atoms with Crippen molar-refractivity contribution >= 4 is 17.4 Å². The van der Waals surface area contributed by atoms with E-state index in [4.69, 9.17) is 37.0 Å². The van der Waals surface area contributed by atoms with Crippen LogP contribution in [0.1, 0.15) is 17.5 Å². The van der Waals surface area contributed by atoms with E-state index in [1.807, 2.05) is 6.07 Å². The molecule has 0 fully saturated rings. The Morgan fingerprint density at radius 2 is 1.95 bits per heavy atom. The summed E-state index contributed by atoms with van der Waals surface area (Å²) in [4.78, 5) is 0. The Balaban J connectivity index is 2.20. The van der Waals surface area contributed by atoms with Gasteiger partial charge in [0.15, 0.2) is 0 Å². The second-order valence-corrected chi connectivity index (χ2v) is 4.64. The second-order valence-electron chi connectivity index (χ2n) is 4.23. The molecule has 20 heavy (non-hydrogen) atoms. The molecule has 5 nitrogen and oxygen atoms in total. The highest BCUT2D eigenvalue weighted by Crippen LogP contribution is 2.18. The lowest BCUT2D eigenvalue weighted by atomic mass is 10.1. The lowest BCUT2D eigenvalue weighted by molar-refractivity contribution is 0.0337. The van der Waals surface area contributed by atoms with Gasteiger partial charge in [-0.1, -0.05) is 23.7 Å². The summed E-state index contributed by atoms with van der Waals surface area (Å²) in [5.41, 5.74) is 6.87. The van der Waals surface area contributed by atoms with Crippen LogP contribution >= 0.6 is 11.6 Å². The van der Waals surface area contributed by atoms with Gasteiger partial charge < -0.3 is 19.9 Å². The fraction of sp³-hybridized carbons (Fsp3) is 0.500. The first-order chi connectivity index (χ1) is 9.65. The van der Waals surface area contributed by atoms with Gasteiger partial charge in [-0.15, -0.1) is 0 Å². The van der Waals surface area contributed by atoms with Crippen LogP contribution in [0, 0.1) is 5.41 Å². The van der Waals surface area contributed by atoms with Crippen LogP contribution in [-0.2, 0) is 20.8 Å². The number of nitrogens with two attached hydrogens (primary N) is 1. The number of nitrogens with one attached hydrogen (secondary N) is 1. The van der Waals surface area contributed by atoms with Crippen molar-refractivity contribution in [3.05, 3.63) is 34.3 Å². The maximum Gasteiger partial charge on any atom is 0.122 e. The van der Waals surface area contributed by atoms with E-state index in [9.17, 15) is 0 Å². The van der Waals surface area contributed by atoms with E-state index in [2.05, 4.69) is 0 Å². The highest BCUT2D eigenvalue weighted by molar-refractivity contribution is 6.31. The van der Waals surface area contributed by atoms with Gasteiger partial charge >= 0.3 is 0 Å². The summed E-state index contributed by atoms with van der Waals surface area (Å²) in [7, 11) is 1.67. The smallest absolute Gasteiger partial charge is 0.122 e. The number of rotatable bonds is 10. The number of halogens is 1. The zero-order valence-corrected chi connectivity index (χ0v) is 12.4. The van der Waals surface area contributed by atoms with Crippen LogP contribution in [0.5, 0.6) is 0 Å². The molecule has 1 rings (SSSR count). The summed E-state index contributed by atoms with van der Waals surface area (Å²) in [5, 5.41) is 7.88. The van der Waals surface area contributed by atoms with Crippen LogP contribution in [0.3, 0.4) is 0 Å². The summed E-state index contributed by atoms with van der Waals surface area (Å²) >= 11 is 6.09. The van der Waals surface area contributed by atoms with Crippen molar-refractivity contribution in [2.75, 3.05) is 33.5 Å². The molecule has 0 aliphatic carbocycles. The largest absolute Gasteiger partial charge is 0.385 e. The fourth-order valence-electron chi connectivity index (χ4n) is 1.54. The molecule has 0 unspecified atom stereocenters. The Morgan fingerprint density at radius 3 is 2.60 bits per heavy atom. The highest BCUT2D eigenvalue weighted by atomic mass is 35.5. The van der Waals surface area contributed by atoms with Crippen molar-refractivity contribution in [3.63, 3.8) is 0 Å². The average Bonchev–Trinajstić information content (AvgIpc) is 2.43. The molecule has 0 saturated carbocycles. The molecule has 1 aromatic carbocycles. The van der Waals surface area contributed by atoms with Crippen LogP contribution < -0.4 is 5.73 Å². The molecule has 0 aliphatic rings. The van der Waals surface area contributed by atoms with E-state index >= 15 is 0 Å². The van der Waals surface area contributed by atoms with Crippen LogP contribution in [0.25, 0.3) is 0 Å². The second kappa shape index (κ2) is 9.72. The molecule has 6 heteroatoms. The molecule has 0 aliphatic heterocycles. The maximum atomic E-state index is 7.33. The lowest BCUT2D eigenvalue weighted by Crippen LogP contribution is -2.11. The number of ether oxygens (including phenoxy) is 3. The molecule has 0 aromatic heterocycles. The van der Waals surface area contributed by atoms with Gasteiger partial charge in [0.05, 0.1) is 19.8 Å². The first-order valence-corrected chi connectivity index (χ1v) is 6.80. The summed E-state index contributed by atoms with van der Waals surface area (Å²) in [6, 6.07) is 5.25.